The number of ether oxygens (including phenoxy) is 1. The molecule has 1 unspecified atom stereocenters. The normalized spacial score (nSPS) is 12.9. The summed E-state index contributed by atoms with van der Waals surface area (Å²) in [6.07, 6.45) is 5.34. The number of hydrogen-bond donors (Lipinski definition) is 1. The van der Waals surface area contributed by atoms with Crippen LogP contribution < -0.4 is 5.32 Å². The zero-order valence-corrected chi connectivity index (χ0v) is 9.55. The van der Waals surface area contributed by atoms with Crippen molar-refractivity contribution in [3.8, 4) is 0 Å². The molecule has 2 heterocycles. The number of nitrogens with one attached hydrogen (secondary N) is 1. The molecule has 5 heteroatoms. The fourth-order valence-electron chi connectivity index (χ4n) is 1.61. The van der Waals surface area contributed by atoms with Crippen LogP contribution in [0.25, 0.3) is 5.52 Å². The lowest BCUT2D eigenvalue weighted by atomic mass is 10.2. The van der Waals surface area contributed by atoms with E-state index in [1.807, 2.05) is 12.3 Å². The van der Waals surface area contributed by atoms with Gasteiger partial charge in [0, 0.05) is 26.0 Å². The molecule has 16 heavy (non-hydrogen) atoms. The Kier molecular flexibility index (Phi) is 3.36. The van der Waals surface area contributed by atoms with E-state index in [4.69, 9.17) is 4.74 Å². The number of fused-ring (bicyclic) bond motifs is 1. The molecule has 0 bridgehead atoms. The number of rotatable bonds is 5. The van der Waals surface area contributed by atoms with Crippen molar-refractivity contribution in [2.45, 2.75) is 6.92 Å². The monoisotopic (exact) mass is 220 g/mol. The number of nitrogens with zero attached hydrogens (tertiary/aromatic N) is 3. The molecule has 0 spiro atoms. The van der Waals surface area contributed by atoms with Gasteiger partial charge in [-0.2, -0.15) is 5.10 Å². The predicted molar refractivity (Wildman–Crippen MR) is 62.5 cm³/mol. The summed E-state index contributed by atoms with van der Waals surface area (Å²) in [6.45, 7) is 3.72. The van der Waals surface area contributed by atoms with Crippen LogP contribution in [-0.2, 0) is 4.74 Å². The minimum Gasteiger partial charge on any atom is -0.384 e. The summed E-state index contributed by atoms with van der Waals surface area (Å²) in [5.41, 5.74) is 0.993. The Balaban J connectivity index is 2.06. The van der Waals surface area contributed by atoms with E-state index >= 15 is 0 Å². The van der Waals surface area contributed by atoms with E-state index in [1.54, 1.807) is 24.0 Å². The Hall–Kier alpha value is -1.62. The zero-order chi connectivity index (χ0) is 11.4. The number of aromatic nitrogens is 3. The molecule has 86 valence electrons. The lowest BCUT2D eigenvalue weighted by molar-refractivity contribution is 0.164. The van der Waals surface area contributed by atoms with Gasteiger partial charge in [0.1, 0.15) is 5.52 Å². The van der Waals surface area contributed by atoms with Crippen molar-refractivity contribution < 1.29 is 4.74 Å². The maximum Gasteiger partial charge on any atom is 0.152 e. The van der Waals surface area contributed by atoms with Crippen LogP contribution in [0.3, 0.4) is 0 Å². The van der Waals surface area contributed by atoms with Crippen molar-refractivity contribution >= 4 is 11.3 Å². The quantitative estimate of drug-likeness (QED) is 0.828. The maximum absolute atomic E-state index is 5.09. The summed E-state index contributed by atoms with van der Waals surface area (Å²) in [4.78, 5) is 4.30. The van der Waals surface area contributed by atoms with Crippen LogP contribution >= 0.6 is 0 Å². The van der Waals surface area contributed by atoms with E-state index in [0.717, 1.165) is 24.5 Å². The summed E-state index contributed by atoms with van der Waals surface area (Å²) >= 11 is 0. The Morgan fingerprint density at radius 2 is 2.38 bits per heavy atom. The molecule has 0 fully saturated rings. The van der Waals surface area contributed by atoms with E-state index in [0.29, 0.717) is 5.92 Å². The molecule has 0 radical (unpaired) electrons. The third kappa shape index (κ3) is 2.30. The second-order valence-electron chi connectivity index (χ2n) is 3.88. The highest BCUT2D eigenvalue weighted by Gasteiger charge is 2.05. The fourth-order valence-corrected chi connectivity index (χ4v) is 1.61. The van der Waals surface area contributed by atoms with Crippen molar-refractivity contribution in [1.82, 2.24) is 14.6 Å². The van der Waals surface area contributed by atoms with Gasteiger partial charge in [0.25, 0.3) is 0 Å². The minimum absolute atomic E-state index is 0.454. The van der Waals surface area contributed by atoms with E-state index in [1.165, 1.54) is 0 Å². The highest BCUT2D eigenvalue weighted by molar-refractivity contribution is 5.66. The largest absolute Gasteiger partial charge is 0.384 e. The molecule has 5 nitrogen and oxygen atoms in total. The number of methoxy groups -OCH3 is 1. The van der Waals surface area contributed by atoms with Crippen molar-refractivity contribution in [3.05, 3.63) is 24.7 Å². The molecule has 2 rings (SSSR count). The van der Waals surface area contributed by atoms with Gasteiger partial charge in [0.2, 0.25) is 0 Å². The lowest BCUT2D eigenvalue weighted by Gasteiger charge is -2.12. The molecule has 0 saturated heterocycles. The highest BCUT2D eigenvalue weighted by Crippen LogP contribution is 2.12. The Bertz CT molecular complexity index is 454. The van der Waals surface area contributed by atoms with Gasteiger partial charge in [-0.25, -0.2) is 9.50 Å². The molecule has 0 saturated carbocycles. The van der Waals surface area contributed by atoms with Gasteiger partial charge in [-0.15, -0.1) is 0 Å². The van der Waals surface area contributed by atoms with Crippen molar-refractivity contribution in [2.75, 3.05) is 25.6 Å². The number of anilines is 1. The smallest absolute Gasteiger partial charge is 0.152 e. The van der Waals surface area contributed by atoms with Gasteiger partial charge < -0.3 is 10.1 Å². The maximum atomic E-state index is 5.09. The number of hydrogen-bond acceptors (Lipinski definition) is 4. The van der Waals surface area contributed by atoms with Crippen LogP contribution in [0.5, 0.6) is 0 Å². The van der Waals surface area contributed by atoms with Crippen LogP contribution in [0, 0.1) is 5.92 Å². The average molecular weight is 220 g/mol. The van der Waals surface area contributed by atoms with E-state index in [-0.39, 0.29) is 0 Å². The zero-order valence-electron chi connectivity index (χ0n) is 9.55. The molecule has 2 aromatic rings. The van der Waals surface area contributed by atoms with Crippen molar-refractivity contribution in [1.29, 1.82) is 0 Å². The van der Waals surface area contributed by atoms with Gasteiger partial charge >= 0.3 is 0 Å². The summed E-state index contributed by atoms with van der Waals surface area (Å²) < 4.78 is 6.89. The van der Waals surface area contributed by atoms with E-state index in [2.05, 4.69) is 22.3 Å². The summed E-state index contributed by atoms with van der Waals surface area (Å²) in [6, 6.07) is 1.94. The minimum atomic E-state index is 0.454. The molecule has 0 aliphatic carbocycles. The fraction of sp³-hybridized carbons (Fsp3) is 0.455. The topological polar surface area (TPSA) is 51.5 Å². The summed E-state index contributed by atoms with van der Waals surface area (Å²) in [5, 5.41) is 7.46. The van der Waals surface area contributed by atoms with Crippen LogP contribution in [0.2, 0.25) is 0 Å². The van der Waals surface area contributed by atoms with Gasteiger partial charge in [0.15, 0.2) is 5.82 Å². The van der Waals surface area contributed by atoms with E-state index in [9.17, 15) is 0 Å². The first-order valence-corrected chi connectivity index (χ1v) is 5.32. The van der Waals surface area contributed by atoms with Crippen molar-refractivity contribution in [3.63, 3.8) is 0 Å². The Morgan fingerprint density at radius 1 is 1.50 bits per heavy atom. The van der Waals surface area contributed by atoms with Gasteiger partial charge in [-0.3, -0.25) is 0 Å². The molecule has 1 atom stereocenters. The molecular formula is C11H16N4O. The first-order valence-electron chi connectivity index (χ1n) is 5.32. The molecule has 2 aromatic heterocycles. The molecule has 0 aliphatic rings. The third-order valence-electron chi connectivity index (χ3n) is 2.39. The molecule has 1 N–H and O–H groups in total. The predicted octanol–water partition coefficient (Wildman–Crippen LogP) is 1.42. The summed E-state index contributed by atoms with van der Waals surface area (Å²) in [7, 11) is 1.71. The Morgan fingerprint density at radius 3 is 3.19 bits per heavy atom. The van der Waals surface area contributed by atoms with E-state index < -0.39 is 0 Å². The molecule has 0 amide bonds. The first kappa shape index (κ1) is 10.9. The third-order valence-corrected chi connectivity index (χ3v) is 2.39. The van der Waals surface area contributed by atoms with Crippen LogP contribution in [-0.4, -0.2) is 34.9 Å². The highest BCUT2D eigenvalue weighted by atomic mass is 16.5. The van der Waals surface area contributed by atoms with Gasteiger partial charge in [-0.1, -0.05) is 6.92 Å². The first-order chi connectivity index (χ1) is 7.81. The van der Waals surface area contributed by atoms with Gasteiger partial charge in [0.05, 0.1) is 12.8 Å². The second-order valence-corrected chi connectivity index (χ2v) is 3.88. The standard InChI is InChI=1S/C11H16N4O/c1-9(8-16-2)7-13-11-10-3-4-14-15(10)6-5-12-11/h3-6,9H,7-8H2,1-2H3,(H,12,13). The van der Waals surface area contributed by atoms with Gasteiger partial charge in [-0.05, 0) is 12.0 Å². The lowest BCUT2D eigenvalue weighted by Crippen LogP contribution is -2.16. The molecule has 0 aliphatic heterocycles. The second kappa shape index (κ2) is 4.94. The van der Waals surface area contributed by atoms with Crippen molar-refractivity contribution in [2.24, 2.45) is 5.92 Å². The Labute approximate surface area is 94.4 Å². The van der Waals surface area contributed by atoms with Crippen LogP contribution in [0.1, 0.15) is 6.92 Å². The SMILES string of the molecule is COCC(C)CNc1nccn2nccc12. The average Bonchev–Trinajstić information content (AvgIpc) is 2.75. The van der Waals surface area contributed by atoms with Crippen LogP contribution in [0.15, 0.2) is 24.7 Å². The van der Waals surface area contributed by atoms with Crippen LogP contribution in [0.4, 0.5) is 5.82 Å². The molecular weight excluding hydrogens is 204 g/mol. The molecule has 0 aromatic carbocycles. The summed E-state index contributed by atoms with van der Waals surface area (Å²) in [5.74, 6) is 1.32.